The fourth-order valence-corrected chi connectivity index (χ4v) is 3.93. The van der Waals surface area contributed by atoms with Crippen LogP contribution >= 0.6 is 0 Å². The van der Waals surface area contributed by atoms with E-state index in [1.165, 1.54) is 0 Å². The topological polar surface area (TPSA) is 187 Å². The third-order valence-corrected chi connectivity index (χ3v) is 5.85. The lowest BCUT2D eigenvalue weighted by Crippen LogP contribution is -2.49. The van der Waals surface area contributed by atoms with E-state index in [0.29, 0.717) is 30.6 Å². The van der Waals surface area contributed by atoms with Gasteiger partial charge in [-0.25, -0.2) is 4.79 Å². The summed E-state index contributed by atoms with van der Waals surface area (Å²) in [6, 6.07) is -1.87. The molecule has 0 saturated heterocycles. The maximum atomic E-state index is 12.8. The predicted octanol–water partition coefficient (Wildman–Crippen LogP) is 0.240. The van der Waals surface area contributed by atoms with Crippen molar-refractivity contribution in [3.8, 4) is 0 Å². The number of rotatable bonds is 16. The molecule has 0 saturated carbocycles. The van der Waals surface area contributed by atoms with Crippen LogP contribution in [-0.4, -0.2) is 91.4 Å². The second kappa shape index (κ2) is 13.8. The van der Waals surface area contributed by atoms with Gasteiger partial charge in [0.25, 0.3) is 23.6 Å². The van der Waals surface area contributed by atoms with E-state index in [1.807, 2.05) is 0 Å². The van der Waals surface area contributed by atoms with Crippen LogP contribution in [0.25, 0.3) is 0 Å². The van der Waals surface area contributed by atoms with Crippen LogP contribution in [0.3, 0.4) is 0 Å². The van der Waals surface area contributed by atoms with E-state index in [2.05, 4.69) is 0 Å². The van der Waals surface area contributed by atoms with Crippen molar-refractivity contribution >= 4 is 47.4 Å². The average Bonchev–Trinajstić information content (AvgIpc) is 3.32. The van der Waals surface area contributed by atoms with Gasteiger partial charge in [-0.1, -0.05) is 12.8 Å². The van der Waals surface area contributed by atoms with Crippen molar-refractivity contribution in [2.24, 2.45) is 0 Å². The Kier molecular flexibility index (Phi) is 10.8. The molecule has 0 aromatic heterocycles. The first-order chi connectivity index (χ1) is 17.5. The average molecular weight is 520 g/mol. The zero-order valence-electron chi connectivity index (χ0n) is 20.2. The molecule has 200 valence electrons. The van der Waals surface area contributed by atoms with Crippen molar-refractivity contribution < 1.29 is 48.6 Å². The summed E-state index contributed by atoms with van der Waals surface area (Å²) >= 11 is 0. The molecule has 0 bridgehead atoms. The van der Waals surface area contributed by atoms with Gasteiger partial charge >= 0.3 is 11.9 Å². The molecule has 0 spiro atoms. The van der Waals surface area contributed by atoms with Gasteiger partial charge in [-0.15, -0.1) is 0 Å². The number of amides is 6. The van der Waals surface area contributed by atoms with Gasteiger partial charge in [0.15, 0.2) is 0 Å². The van der Waals surface area contributed by atoms with Crippen LogP contribution < -0.4 is 0 Å². The van der Waals surface area contributed by atoms with Crippen LogP contribution in [0.15, 0.2) is 24.3 Å². The number of hydrogen-bond donors (Lipinski definition) is 2. The molecule has 0 aromatic rings. The summed E-state index contributed by atoms with van der Waals surface area (Å²) < 4.78 is 0. The highest BCUT2D eigenvalue weighted by Gasteiger charge is 2.35. The Hall–Kier alpha value is -4.16. The maximum Gasteiger partial charge on any atom is 0.327 e. The van der Waals surface area contributed by atoms with E-state index >= 15 is 0 Å². The zero-order valence-corrected chi connectivity index (χ0v) is 20.2. The summed E-state index contributed by atoms with van der Waals surface area (Å²) in [5.41, 5.74) is 0. The van der Waals surface area contributed by atoms with E-state index < -0.39 is 59.8 Å². The second-order valence-corrected chi connectivity index (χ2v) is 8.55. The number of unbranched alkanes of at least 4 members (excludes halogenated alkanes) is 4. The molecule has 13 heteroatoms. The Labute approximate surface area is 212 Å². The molecule has 37 heavy (non-hydrogen) atoms. The molecule has 1 atom stereocenters. The Morgan fingerprint density at radius 1 is 0.649 bits per heavy atom. The van der Waals surface area contributed by atoms with Crippen molar-refractivity contribution in [1.82, 2.24) is 14.7 Å². The van der Waals surface area contributed by atoms with Crippen LogP contribution in [0, 0.1) is 0 Å². The maximum absolute atomic E-state index is 12.8. The quantitative estimate of drug-likeness (QED) is 0.211. The smallest absolute Gasteiger partial charge is 0.327 e. The van der Waals surface area contributed by atoms with Gasteiger partial charge in [0.1, 0.15) is 6.04 Å². The lowest BCUT2D eigenvalue weighted by Gasteiger charge is -2.26. The van der Waals surface area contributed by atoms with E-state index in [4.69, 9.17) is 5.11 Å². The number of carbonyl (C=O) groups excluding carboxylic acids is 6. The van der Waals surface area contributed by atoms with Crippen LogP contribution in [0.4, 0.5) is 0 Å². The molecule has 0 radical (unpaired) electrons. The molecule has 0 aromatic carbocycles. The summed E-state index contributed by atoms with van der Waals surface area (Å²) in [7, 11) is 0. The number of imide groups is 3. The lowest BCUT2D eigenvalue weighted by molar-refractivity contribution is -0.160. The van der Waals surface area contributed by atoms with Crippen LogP contribution in [0.5, 0.6) is 0 Å². The largest absolute Gasteiger partial charge is 0.481 e. The van der Waals surface area contributed by atoms with Crippen molar-refractivity contribution in [1.29, 1.82) is 0 Å². The minimum absolute atomic E-state index is 0.156. The van der Waals surface area contributed by atoms with E-state index in [1.54, 1.807) is 0 Å². The summed E-state index contributed by atoms with van der Waals surface area (Å²) in [5, 5.41) is 18.6. The molecule has 2 rings (SSSR count). The number of carbonyl (C=O) groups is 8. The molecular weight excluding hydrogens is 490 g/mol. The van der Waals surface area contributed by atoms with Gasteiger partial charge < -0.3 is 10.2 Å². The zero-order chi connectivity index (χ0) is 27.5. The van der Waals surface area contributed by atoms with Gasteiger partial charge in [0.05, 0.1) is 6.42 Å². The fourth-order valence-electron chi connectivity index (χ4n) is 3.93. The summed E-state index contributed by atoms with van der Waals surface area (Å²) in [6.07, 6.45) is 5.32. The van der Waals surface area contributed by atoms with Crippen molar-refractivity contribution in [3.63, 3.8) is 0 Å². The summed E-state index contributed by atoms with van der Waals surface area (Å²) in [4.78, 5) is 97.3. The van der Waals surface area contributed by atoms with Crippen LogP contribution in [0.2, 0.25) is 0 Å². The number of aliphatic carboxylic acids is 2. The summed E-state index contributed by atoms with van der Waals surface area (Å²) in [6.45, 7) is 0.311. The van der Waals surface area contributed by atoms with Crippen molar-refractivity contribution in [3.05, 3.63) is 24.3 Å². The predicted molar refractivity (Wildman–Crippen MR) is 124 cm³/mol. The van der Waals surface area contributed by atoms with Gasteiger partial charge in [-0.05, 0) is 25.7 Å². The fraction of sp³-hybridized carbons (Fsp3) is 0.500. The first-order valence-corrected chi connectivity index (χ1v) is 11.9. The minimum Gasteiger partial charge on any atom is -0.481 e. The van der Waals surface area contributed by atoms with E-state index in [9.17, 15) is 43.5 Å². The summed E-state index contributed by atoms with van der Waals surface area (Å²) in [5.74, 6) is -6.46. The van der Waals surface area contributed by atoms with Crippen LogP contribution in [-0.2, 0) is 38.4 Å². The normalized spacial score (nSPS) is 15.6. The van der Waals surface area contributed by atoms with E-state index in [0.717, 1.165) is 34.1 Å². The Morgan fingerprint density at radius 3 is 1.35 bits per heavy atom. The molecule has 2 aliphatic rings. The molecule has 6 amide bonds. The van der Waals surface area contributed by atoms with Gasteiger partial charge in [-0.2, -0.15) is 0 Å². The van der Waals surface area contributed by atoms with Gasteiger partial charge in [0, 0.05) is 50.2 Å². The van der Waals surface area contributed by atoms with Gasteiger partial charge in [0.2, 0.25) is 11.8 Å². The Balaban J connectivity index is 1.87. The highest BCUT2D eigenvalue weighted by Crippen LogP contribution is 2.16. The molecule has 0 fully saturated rings. The third-order valence-electron chi connectivity index (χ3n) is 5.85. The highest BCUT2D eigenvalue weighted by molar-refractivity contribution is 6.13. The van der Waals surface area contributed by atoms with Gasteiger partial charge in [-0.3, -0.25) is 48.3 Å². The second-order valence-electron chi connectivity index (χ2n) is 8.55. The highest BCUT2D eigenvalue weighted by atomic mass is 16.4. The van der Waals surface area contributed by atoms with Crippen molar-refractivity contribution in [2.75, 3.05) is 13.1 Å². The molecule has 0 unspecified atom stereocenters. The molecule has 13 nitrogen and oxygen atoms in total. The SMILES string of the molecule is O=C(O)C[C@@H](C(=O)O)N(C(=O)CCCCCN1C(=O)C=CC1=O)C(=O)CCCCCN1C(=O)C=CC1=O. The van der Waals surface area contributed by atoms with Crippen molar-refractivity contribution in [2.45, 2.75) is 63.8 Å². The molecular formula is C24H29N3O10. The first kappa shape index (κ1) is 29.1. The first-order valence-electron chi connectivity index (χ1n) is 11.9. The molecule has 0 aliphatic carbocycles. The molecule has 2 N–H and O–H groups in total. The third kappa shape index (κ3) is 8.47. The standard InChI is InChI=1S/C24H29N3O10/c28-17-9-10-18(29)25(17)13-5-1-3-7-21(32)27(16(24(36)37)15-23(34)35)22(33)8-4-2-6-14-26-19(30)11-12-20(26)31/h9-12,16H,1-8,13-15H2,(H,34,35)(H,36,37)/t16-/m0/s1. The lowest BCUT2D eigenvalue weighted by atomic mass is 10.1. The number of hydrogen-bond acceptors (Lipinski definition) is 8. The van der Waals surface area contributed by atoms with E-state index in [-0.39, 0.29) is 38.8 Å². The number of carboxylic acids is 2. The van der Waals surface area contributed by atoms with Crippen LogP contribution in [0.1, 0.15) is 57.8 Å². The number of carboxylic acid groups (broad SMARTS) is 2. The minimum atomic E-state index is -1.87. The monoisotopic (exact) mass is 519 g/mol. The number of nitrogens with zero attached hydrogens (tertiary/aromatic N) is 3. The Morgan fingerprint density at radius 2 is 1.03 bits per heavy atom. The Bertz CT molecular complexity index is 932. The molecule has 2 heterocycles. The molecule has 2 aliphatic heterocycles.